The van der Waals surface area contributed by atoms with Crippen LogP contribution in [0.3, 0.4) is 0 Å². The van der Waals surface area contributed by atoms with Crippen LogP contribution in [0, 0.1) is 0 Å². The van der Waals surface area contributed by atoms with Crippen LogP contribution >= 0.6 is 34.8 Å². The molecule has 91 heavy (non-hydrogen) atoms. The summed E-state index contributed by atoms with van der Waals surface area (Å²) in [5, 5.41) is -1.61. The van der Waals surface area contributed by atoms with E-state index in [0.29, 0.717) is 0 Å². The van der Waals surface area contributed by atoms with Gasteiger partial charge in [0.05, 0.1) is 38.2 Å². The largest absolute Gasteiger partial charge is 0.460 e. The van der Waals surface area contributed by atoms with Crippen LogP contribution in [0.25, 0.3) is 34.2 Å². The number of halogens is 12. The Morgan fingerprint density at radius 1 is 0.451 bits per heavy atom. The van der Waals surface area contributed by atoms with Gasteiger partial charge in [-0.2, -0.15) is 54.5 Å². The van der Waals surface area contributed by atoms with E-state index >= 15 is 0 Å². The van der Waals surface area contributed by atoms with E-state index in [4.69, 9.17) is 45.3 Å². The van der Waals surface area contributed by atoms with E-state index in [1.807, 2.05) is 91.0 Å². The van der Waals surface area contributed by atoms with Crippen molar-refractivity contribution in [1.82, 2.24) is 28.7 Å². The Morgan fingerprint density at radius 2 is 0.747 bits per heavy atom. The molecule has 3 heterocycles. The molecular weight excluding hydrogens is 1260 g/mol. The molecule has 0 bridgehead atoms. The Balaban J connectivity index is 0.000000288. The molecule has 13 nitrogen and oxygen atoms in total. The molecule has 482 valence electrons. The third kappa shape index (κ3) is 19.8. The van der Waals surface area contributed by atoms with Gasteiger partial charge >= 0.3 is 24.5 Å². The lowest BCUT2D eigenvalue weighted by atomic mass is 10.1. The van der Waals surface area contributed by atoms with Crippen LogP contribution in [0.15, 0.2) is 179 Å². The zero-order chi connectivity index (χ0) is 64.5. The van der Waals surface area contributed by atoms with Gasteiger partial charge in [0.1, 0.15) is 34.5 Å². The standard InChI is InChI=1S/C24H22ClF3N2O3.C21H16ClF3N2O2.C18H13ClF3N3O.3CH4/c1-23(2,3)33-19(31)12-16-14-30(13-15-8-5-4-6-9-15)21(29-22(16)32)17-10-7-11-18(20(17)25)24(26,27)28;1-13(28)10-15-12-27(11-14-6-3-2-4-7-14)19(26-20(15)29)16-8-5-9-17(18(16)22)21(23,24)25;19-15-12(7-4-8-13(15)18(20,21)22)16-24-17(26)14(23)10-25(16)9-11-5-2-1-3-6-11;;;/h4-11,14H,12-13H2,1-3H3;2-9,12H,10-11H2,1H3;1-8,10H,9,23H2;3*1H4. The summed E-state index contributed by atoms with van der Waals surface area (Å²) in [5.41, 5.74) is 2.35. The summed E-state index contributed by atoms with van der Waals surface area (Å²) in [5.74, 6) is -0.850. The van der Waals surface area contributed by atoms with E-state index in [2.05, 4.69) is 15.0 Å². The smallest absolute Gasteiger partial charge is 0.417 e. The average Bonchev–Trinajstić information content (AvgIpc) is 0.816. The number of carbonyl (C=O) groups excluding carboxylic acids is 2. The molecule has 0 radical (unpaired) electrons. The summed E-state index contributed by atoms with van der Waals surface area (Å²) < 4.78 is 129. The molecule has 0 fully saturated rings. The Labute approximate surface area is 533 Å². The first-order valence-electron chi connectivity index (χ1n) is 26.3. The second-order valence-electron chi connectivity index (χ2n) is 20.6. The number of carbonyl (C=O) groups is 2. The number of rotatable bonds is 13. The van der Waals surface area contributed by atoms with Crippen LogP contribution in [-0.2, 0) is 65.3 Å². The SMILES string of the molecule is C.C.C.CC(=O)Cc1cn(Cc2ccccc2)c(-c2cccc(C(F)(F)F)c2Cl)nc1=O.CC(C)(C)OC(=O)Cc1cn(Cc2ccccc2)c(-c2cccc(C(F)(F)F)c2Cl)nc1=O.Nc1cn(Cc2ccccc2)c(-c2cccc(C(F)(F)F)c2Cl)nc1=O. The summed E-state index contributed by atoms with van der Waals surface area (Å²) in [6.45, 7) is 7.15. The first-order valence-corrected chi connectivity index (χ1v) is 27.4. The first kappa shape index (κ1) is 74.6. The van der Waals surface area contributed by atoms with E-state index in [9.17, 15) is 63.5 Å². The van der Waals surface area contributed by atoms with Crippen molar-refractivity contribution in [2.24, 2.45) is 0 Å². The van der Waals surface area contributed by atoms with Gasteiger partial charge < -0.3 is 24.2 Å². The van der Waals surface area contributed by atoms with Crippen LogP contribution < -0.4 is 22.4 Å². The number of alkyl halides is 9. The monoisotopic (exact) mass is 1330 g/mol. The summed E-state index contributed by atoms with van der Waals surface area (Å²) >= 11 is 18.1. The van der Waals surface area contributed by atoms with Crippen LogP contribution in [0.2, 0.25) is 15.1 Å². The third-order valence-electron chi connectivity index (χ3n) is 12.6. The van der Waals surface area contributed by atoms with Crippen LogP contribution in [0.1, 0.15) is 94.5 Å². The fourth-order valence-corrected chi connectivity index (χ4v) is 9.70. The molecule has 3 aromatic heterocycles. The fourth-order valence-electron chi connectivity index (χ4n) is 8.74. The molecule has 0 aliphatic rings. The van der Waals surface area contributed by atoms with Crippen molar-refractivity contribution in [2.45, 2.75) is 107 Å². The quantitative estimate of drug-likeness (QED) is 0.0864. The zero-order valence-electron chi connectivity index (χ0n) is 46.9. The van der Waals surface area contributed by atoms with E-state index in [0.717, 1.165) is 34.9 Å². The molecule has 0 unspecified atom stereocenters. The van der Waals surface area contributed by atoms with E-state index in [1.165, 1.54) is 75.6 Å². The van der Waals surface area contributed by atoms with Crippen molar-refractivity contribution in [2.75, 3.05) is 5.73 Å². The highest BCUT2D eigenvalue weighted by atomic mass is 35.5. The first-order chi connectivity index (χ1) is 41.3. The number of ketones is 1. The lowest BCUT2D eigenvalue weighted by Gasteiger charge is -2.20. The molecule has 0 saturated heterocycles. The summed E-state index contributed by atoms with van der Waals surface area (Å²) in [7, 11) is 0. The van der Waals surface area contributed by atoms with Crippen molar-refractivity contribution >= 4 is 52.2 Å². The Hall–Kier alpha value is -8.86. The minimum absolute atomic E-state index is 0. The van der Waals surface area contributed by atoms with Crippen molar-refractivity contribution in [3.05, 3.63) is 255 Å². The number of ether oxygens (including phenoxy) is 1. The number of nitrogens with zero attached hydrogens (tertiary/aromatic N) is 6. The predicted molar refractivity (Wildman–Crippen MR) is 337 cm³/mol. The Kier molecular flexibility index (Phi) is 25.6. The molecular formula is C66H63Cl3F9N7O6. The van der Waals surface area contributed by atoms with Gasteiger partial charge in [-0.15, -0.1) is 0 Å². The minimum atomic E-state index is -4.67. The van der Waals surface area contributed by atoms with Crippen molar-refractivity contribution < 1.29 is 53.8 Å². The number of Topliss-reactive ketones (excluding diaryl/α,β-unsaturated/α-hetero) is 1. The number of aromatic nitrogens is 6. The average molecular weight is 1330 g/mol. The van der Waals surface area contributed by atoms with Gasteiger partial charge in [-0.25, -0.2) is 0 Å². The predicted octanol–water partition coefficient (Wildman–Crippen LogP) is 16.4. The van der Waals surface area contributed by atoms with Gasteiger partial charge in [0.2, 0.25) is 0 Å². The van der Waals surface area contributed by atoms with Gasteiger partial charge in [0.15, 0.2) is 0 Å². The number of benzene rings is 6. The molecule has 0 amide bonds. The molecule has 0 atom stereocenters. The highest BCUT2D eigenvalue weighted by Crippen LogP contribution is 2.42. The van der Waals surface area contributed by atoms with Crippen molar-refractivity contribution in [1.29, 1.82) is 0 Å². The van der Waals surface area contributed by atoms with Gasteiger partial charge in [0, 0.05) is 72.5 Å². The van der Waals surface area contributed by atoms with E-state index in [-0.39, 0.29) is 112 Å². The molecule has 0 aliphatic heterocycles. The molecule has 9 aromatic rings. The van der Waals surface area contributed by atoms with Crippen LogP contribution in [0.5, 0.6) is 0 Å². The van der Waals surface area contributed by atoms with Gasteiger partial charge in [-0.1, -0.05) is 166 Å². The van der Waals surface area contributed by atoms with Gasteiger partial charge in [-0.3, -0.25) is 24.0 Å². The minimum Gasteiger partial charge on any atom is -0.460 e. The maximum atomic E-state index is 13.4. The fraction of sp³-hybridized carbons (Fsp3) is 0.242. The molecule has 0 spiro atoms. The summed E-state index contributed by atoms with van der Waals surface area (Å²) in [4.78, 5) is 72.6. The maximum Gasteiger partial charge on any atom is 0.417 e. The molecule has 6 aromatic carbocycles. The molecule has 2 N–H and O–H groups in total. The van der Waals surface area contributed by atoms with Crippen LogP contribution in [0.4, 0.5) is 45.2 Å². The Bertz CT molecular complexity index is 4180. The van der Waals surface area contributed by atoms with Crippen LogP contribution in [-0.4, -0.2) is 46.0 Å². The highest BCUT2D eigenvalue weighted by Gasteiger charge is 2.37. The van der Waals surface area contributed by atoms with Gasteiger partial charge in [0.25, 0.3) is 16.7 Å². The highest BCUT2D eigenvalue weighted by molar-refractivity contribution is 6.35. The van der Waals surface area contributed by atoms with Crippen molar-refractivity contribution in [3.8, 4) is 34.2 Å². The second-order valence-corrected chi connectivity index (χ2v) is 21.7. The number of anilines is 1. The lowest BCUT2D eigenvalue weighted by Crippen LogP contribution is -2.28. The van der Waals surface area contributed by atoms with E-state index in [1.54, 1.807) is 20.8 Å². The lowest BCUT2D eigenvalue weighted by molar-refractivity contribution is -0.154. The molecule has 0 saturated carbocycles. The summed E-state index contributed by atoms with van der Waals surface area (Å²) in [6, 6.07) is 37.8. The second kappa shape index (κ2) is 31.2. The van der Waals surface area contributed by atoms with Crippen molar-refractivity contribution in [3.63, 3.8) is 0 Å². The number of hydrogen-bond acceptors (Lipinski definition) is 10. The van der Waals surface area contributed by atoms with E-state index < -0.39 is 78.5 Å². The maximum absolute atomic E-state index is 13.4. The molecule has 25 heteroatoms. The Morgan fingerprint density at radius 3 is 1.04 bits per heavy atom. The zero-order valence-corrected chi connectivity index (χ0v) is 49.1. The molecule has 9 rings (SSSR count). The molecule has 0 aliphatic carbocycles. The number of nitrogens with two attached hydrogens (primary N) is 1. The third-order valence-corrected chi connectivity index (χ3v) is 13.8. The topological polar surface area (TPSA) is 174 Å². The number of hydrogen-bond donors (Lipinski definition) is 1. The summed E-state index contributed by atoms with van der Waals surface area (Å²) in [6.07, 6.45) is -10.2. The number of esters is 1. The normalized spacial score (nSPS) is 11.3. The van der Waals surface area contributed by atoms with Gasteiger partial charge in [-0.05, 0) is 80.8 Å². The number of nitrogen functional groups attached to an aromatic ring is 1.